The van der Waals surface area contributed by atoms with Gasteiger partial charge in [-0.2, -0.15) is 0 Å². The smallest absolute Gasteiger partial charge is 0.0369 e. The standard InChI is InChI=1S/C16H24N2/c1-2-16(17)13-5-7-14(8-6-13)18(15-9-10-15)11-12-3-4-12/h5-8,12,15-16H,2-4,9-11,17H2,1H3/t16-/m0/s1. The number of anilines is 1. The van der Waals surface area contributed by atoms with E-state index in [9.17, 15) is 0 Å². The van der Waals surface area contributed by atoms with E-state index in [1.54, 1.807) is 0 Å². The second-order valence-electron chi connectivity index (χ2n) is 5.93. The van der Waals surface area contributed by atoms with Crippen molar-refractivity contribution in [2.75, 3.05) is 11.4 Å². The van der Waals surface area contributed by atoms with Gasteiger partial charge in [0.1, 0.15) is 0 Å². The summed E-state index contributed by atoms with van der Waals surface area (Å²) < 4.78 is 0. The molecule has 18 heavy (non-hydrogen) atoms. The lowest BCUT2D eigenvalue weighted by Gasteiger charge is -2.25. The number of rotatable bonds is 6. The Kier molecular flexibility index (Phi) is 3.29. The van der Waals surface area contributed by atoms with Crippen LogP contribution in [0.4, 0.5) is 5.69 Å². The molecule has 0 bridgehead atoms. The largest absolute Gasteiger partial charge is 0.368 e. The van der Waals surface area contributed by atoms with Crippen molar-refractivity contribution in [2.24, 2.45) is 11.7 Å². The molecule has 2 saturated carbocycles. The van der Waals surface area contributed by atoms with E-state index in [-0.39, 0.29) is 6.04 Å². The zero-order valence-electron chi connectivity index (χ0n) is 11.3. The number of nitrogens with zero attached hydrogens (tertiary/aromatic N) is 1. The maximum absolute atomic E-state index is 6.07. The van der Waals surface area contributed by atoms with Gasteiger partial charge in [0, 0.05) is 24.3 Å². The molecule has 2 aliphatic rings. The quantitative estimate of drug-likeness (QED) is 0.830. The van der Waals surface area contributed by atoms with E-state index in [1.165, 1.54) is 43.5 Å². The lowest BCUT2D eigenvalue weighted by Crippen LogP contribution is -2.28. The van der Waals surface area contributed by atoms with E-state index < -0.39 is 0 Å². The first-order chi connectivity index (χ1) is 8.78. The molecule has 2 fully saturated rings. The number of benzene rings is 1. The monoisotopic (exact) mass is 244 g/mol. The highest BCUT2D eigenvalue weighted by Crippen LogP contribution is 2.37. The van der Waals surface area contributed by atoms with Crippen molar-refractivity contribution in [3.05, 3.63) is 29.8 Å². The summed E-state index contributed by atoms with van der Waals surface area (Å²) in [5.41, 5.74) is 8.74. The second kappa shape index (κ2) is 4.93. The van der Waals surface area contributed by atoms with Crippen LogP contribution in [-0.2, 0) is 0 Å². The van der Waals surface area contributed by atoms with Gasteiger partial charge in [-0.1, -0.05) is 19.1 Å². The van der Waals surface area contributed by atoms with Crippen LogP contribution >= 0.6 is 0 Å². The Morgan fingerprint density at radius 1 is 1.17 bits per heavy atom. The highest BCUT2D eigenvalue weighted by molar-refractivity contribution is 5.50. The summed E-state index contributed by atoms with van der Waals surface area (Å²) in [7, 11) is 0. The molecule has 3 rings (SSSR count). The molecule has 0 radical (unpaired) electrons. The van der Waals surface area contributed by atoms with Gasteiger partial charge in [0.25, 0.3) is 0 Å². The lowest BCUT2D eigenvalue weighted by atomic mass is 10.0. The predicted octanol–water partition coefficient (Wildman–Crippen LogP) is 3.48. The summed E-state index contributed by atoms with van der Waals surface area (Å²) in [4.78, 5) is 2.62. The molecule has 2 N–H and O–H groups in total. The third-order valence-corrected chi connectivity index (χ3v) is 4.23. The summed E-state index contributed by atoms with van der Waals surface area (Å²) >= 11 is 0. The summed E-state index contributed by atoms with van der Waals surface area (Å²) in [6, 6.07) is 9.97. The molecule has 2 heteroatoms. The van der Waals surface area contributed by atoms with Crippen LogP contribution < -0.4 is 10.6 Å². The molecule has 1 atom stereocenters. The molecule has 0 heterocycles. The third-order valence-electron chi connectivity index (χ3n) is 4.23. The minimum absolute atomic E-state index is 0.192. The fraction of sp³-hybridized carbons (Fsp3) is 0.625. The molecule has 1 aromatic carbocycles. The van der Waals surface area contributed by atoms with Crippen LogP contribution in [0, 0.1) is 5.92 Å². The topological polar surface area (TPSA) is 29.3 Å². The SMILES string of the molecule is CC[C@H](N)c1ccc(N(CC2CC2)C2CC2)cc1. The average molecular weight is 244 g/mol. The molecule has 0 aliphatic heterocycles. The van der Waals surface area contributed by atoms with Crippen molar-refractivity contribution in [1.82, 2.24) is 0 Å². The van der Waals surface area contributed by atoms with Crippen molar-refractivity contribution < 1.29 is 0 Å². The first-order valence-corrected chi connectivity index (χ1v) is 7.40. The molecule has 1 aromatic rings. The van der Waals surface area contributed by atoms with Crippen LogP contribution in [0.1, 0.15) is 50.6 Å². The molecule has 0 unspecified atom stereocenters. The first kappa shape index (κ1) is 12.0. The Bertz CT molecular complexity index is 390. The number of hydrogen-bond acceptors (Lipinski definition) is 2. The Balaban J connectivity index is 1.72. The van der Waals surface area contributed by atoms with E-state index >= 15 is 0 Å². The minimum Gasteiger partial charge on any atom is -0.368 e. The van der Waals surface area contributed by atoms with Gasteiger partial charge in [0.05, 0.1) is 0 Å². The molecule has 98 valence electrons. The van der Waals surface area contributed by atoms with Gasteiger partial charge in [-0.05, 0) is 55.7 Å². The van der Waals surface area contributed by atoms with Crippen LogP contribution in [-0.4, -0.2) is 12.6 Å². The van der Waals surface area contributed by atoms with Gasteiger partial charge in [-0.15, -0.1) is 0 Å². The second-order valence-corrected chi connectivity index (χ2v) is 5.93. The Morgan fingerprint density at radius 2 is 1.83 bits per heavy atom. The normalized spacial score (nSPS) is 20.8. The molecular weight excluding hydrogens is 220 g/mol. The Morgan fingerprint density at radius 3 is 2.33 bits per heavy atom. The molecule has 2 aliphatic carbocycles. The van der Waals surface area contributed by atoms with Crippen LogP contribution in [0.25, 0.3) is 0 Å². The van der Waals surface area contributed by atoms with Crippen molar-refractivity contribution >= 4 is 5.69 Å². The highest BCUT2D eigenvalue weighted by Gasteiger charge is 2.33. The molecular formula is C16H24N2. The van der Waals surface area contributed by atoms with E-state index in [2.05, 4.69) is 36.1 Å². The maximum atomic E-state index is 6.07. The molecule has 0 amide bonds. The molecule has 0 aromatic heterocycles. The fourth-order valence-corrected chi connectivity index (χ4v) is 2.58. The molecule has 0 saturated heterocycles. The van der Waals surface area contributed by atoms with Crippen molar-refractivity contribution in [3.63, 3.8) is 0 Å². The third kappa shape index (κ3) is 2.69. The number of nitrogens with two attached hydrogens (primary N) is 1. The van der Waals surface area contributed by atoms with Gasteiger partial charge in [-0.3, -0.25) is 0 Å². The average Bonchev–Trinajstić information content (AvgIpc) is 3.28. The van der Waals surface area contributed by atoms with Gasteiger partial charge in [0.15, 0.2) is 0 Å². The summed E-state index contributed by atoms with van der Waals surface area (Å²) in [6.07, 6.45) is 6.63. The minimum atomic E-state index is 0.192. The summed E-state index contributed by atoms with van der Waals surface area (Å²) in [6.45, 7) is 3.41. The van der Waals surface area contributed by atoms with Crippen LogP contribution in [0.5, 0.6) is 0 Å². The number of hydrogen-bond donors (Lipinski definition) is 1. The molecule has 2 nitrogen and oxygen atoms in total. The van der Waals surface area contributed by atoms with E-state index in [1.807, 2.05) is 0 Å². The van der Waals surface area contributed by atoms with Gasteiger partial charge >= 0.3 is 0 Å². The predicted molar refractivity (Wildman–Crippen MR) is 76.8 cm³/mol. The Hall–Kier alpha value is -1.02. The summed E-state index contributed by atoms with van der Waals surface area (Å²) in [5.74, 6) is 0.961. The van der Waals surface area contributed by atoms with E-state index in [0.29, 0.717) is 0 Å². The van der Waals surface area contributed by atoms with Crippen LogP contribution in [0.15, 0.2) is 24.3 Å². The van der Waals surface area contributed by atoms with E-state index in [4.69, 9.17) is 5.73 Å². The fourth-order valence-electron chi connectivity index (χ4n) is 2.58. The highest BCUT2D eigenvalue weighted by atomic mass is 15.2. The van der Waals surface area contributed by atoms with Crippen molar-refractivity contribution in [2.45, 2.75) is 51.1 Å². The van der Waals surface area contributed by atoms with Gasteiger partial charge < -0.3 is 10.6 Å². The Labute approximate surface area is 110 Å². The maximum Gasteiger partial charge on any atom is 0.0369 e. The van der Waals surface area contributed by atoms with Gasteiger partial charge in [-0.25, -0.2) is 0 Å². The van der Waals surface area contributed by atoms with E-state index in [0.717, 1.165) is 18.4 Å². The lowest BCUT2D eigenvalue weighted by molar-refractivity contribution is 0.696. The molecule has 0 spiro atoms. The zero-order valence-corrected chi connectivity index (χ0v) is 11.3. The first-order valence-electron chi connectivity index (χ1n) is 7.40. The van der Waals surface area contributed by atoms with Crippen molar-refractivity contribution in [1.29, 1.82) is 0 Å². The van der Waals surface area contributed by atoms with Gasteiger partial charge in [0.2, 0.25) is 0 Å². The summed E-state index contributed by atoms with van der Waals surface area (Å²) in [5, 5.41) is 0. The van der Waals surface area contributed by atoms with Crippen LogP contribution in [0.3, 0.4) is 0 Å². The zero-order chi connectivity index (χ0) is 12.5. The van der Waals surface area contributed by atoms with Crippen LogP contribution in [0.2, 0.25) is 0 Å². The van der Waals surface area contributed by atoms with Crippen molar-refractivity contribution in [3.8, 4) is 0 Å².